The van der Waals surface area contributed by atoms with E-state index in [9.17, 15) is 0 Å². The molecule has 0 atom stereocenters. The molecule has 4 nitrogen and oxygen atoms in total. The lowest BCUT2D eigenvalue weighted by molar-refractivity contribution is 0.276. The van der Waals surface area contributed by atoms with Gasteiger partial charge in [0.1, 0.15) is 18.1 Å². The Hall–Kier alpha value is -1.26. The molecule has 0 aromatic heterocycles. The third kappa shape index (κ3) is 4.08. The number of aliphatic hydroxyl groups excluding tert-OH is 1. The summed E-state index contributed by atoms with van der Waals surface area (Å²) in [5.74, 6) is 1.46. The molecule has 1 rings (SSSR count). The van der Waals surface area contributed by atoms with Crippen LogP contribution >= 0.6 is 0 Å². The zero-order chi connectivity index (χ0) is 11.8. The lowest BCUT2D eigenvalue weighted by Crippen LogP contribution is -2.16. The van der Waals surface area contributed by atoms with E-state index >= 15 is 0 Å². The molecule has 0 aliphatic carbocycles. The standard InChI is InChI=1S/C12H19NO3/c1-3-15-11-6-10(9-14)7-12(8-11)16-5-4-13-2/h6-8,13-14H,3-5,9H2,1-2H3. The van der Waals surface area contributed by atoms with Crippen molar-refractivity contribution in [3.8, 4) is 11.5 Å². The highest BCUT2D eigenvalue weighted by Gasteiger charge is 2.02. The van der Waals surface area contributed by atoms with Gasteiger partial charge in [0.25, 0.3) is 0 Å². The van der Waals surface area contributed by atoms with Crippen LogP contribution in [0.3, 0.4) is 0 Å². The summed E-state index contributed by atoms with van der Waals surface area (Å²) in [6.07, 6.45) is 0. The second-order valence-corrected chi connectivity index (χ2v) is 3.36. The van der Waals surface area contributed by atoms with Gasteiger partial charge in [-0.2, -0.15) is 0 Å². The van der Waals surface area contributed by atoms with Crippen molar-refractivity contribution in [2.75, 3.05) is 26.8 Å². The summed E-state index contributed by atoms with van der Waals surface area (Å²) in [6.45, 7) is 3.89. The van der Waals surface area contributed by atoms with Gasteiger partial charge in [0.05, 0.1) is 13.2 Å². The Kier molecular flexibility index (Phi) is 5.67. The van der Waals surface area contributed by atoms with E-state index in [4.69, 9.17) is 14.6 Å². The summed E-state index contributed by atoms with van der Waals surface area (Å²) in [4.78, 5) is 0. The van der Waals surface area contributed by atoms with E-state index in [2.05, 4.69) is 5.32 Å². The Morgan fingerprint density at radius 1 is 1.19 bits per heavy atom. The van der Waals surface area contributed by atoms with Gasteiger partial charge in [0.15, 0.2) is 0 Å². The van der Waals surface area contributed by atoms with Gasteiger partial charge in [0, 0.05) is 12.6 Å². The van der Waals surface area contributed by atoms with Crippen molar-refractivity contribution in [3.05, 3.63) is 23.8 Å². The molecule has 0 fully saturated rings. The van der Waals surface area contributed by atoms with Crippen molar-refractivity contribution in [3.63, 3.8) is 0 Å². The number of likely N-dealkylation sites (N-methyl/N-ethyl adjacent to an activating group) is 1. The molecule has 0 amide bonds. The minimum absolute atomic E-state index is 0.0106. The van der Waals surface area contributed by atoms with Gasteiger partial charge in [-0.3, -0.25) is 0 Å². The van der Waals surface area contributed by atoms with Crippen molar-refractivity contribution < 1.29 is 14.6 Å². The lowest BCUT2D eigenvalue weighted by Gasteiger charge is -2.10. The quantitative estimate of drug-likeness (QED) is 0.684. The van der Waals surface area contributed by atoms with Gasteiger partial charge in [0.2, 0.25) is 0 Å². The van der Waals surface area contributed by atoms with Crippen LogP contribution in [0.5, 0.6) is 11.5 Å². The van der Waals surface area contributed by atoms with Gasteiger partial charge in [-0.1, -0.05) is 0 Å². The summed E-state index contributed by atoms with van der Waals surface area (Å²) < 4.78 is 10.9. The van der Waals surface area contributed by atoms with E-state index in [1.807, 2.05) is 32.2 Å². The summed E-state index contributed by atoms with van der Waals surface area (Å²) in [6, 6.07) is 5.46. The van der Waals surface area contributed by atoms with Crippen LogP contribution in [0.15, 0.2) is 18.2 Å². The highest BCUT2D eigenvalue weighted by Crippen LogP contribution is 2.23. The molecule has 90 valence electrons. The van der Waals surface area contributed by atoms with E-state index in [0.717, 1.165) is 23.6 Å². The second kappa shape index (κ2) is 7.09. The largest absolute Gasteiger partial charge is 0.494 e. The Bertz CT molecular complexity index is 315. The van der Waals surface area contributed by atoms with E-state index in [1.165, 1.54) is 0 Å². The van der Waals surface area contributed by atoms with Crippen LogP contribution in [0.2, 0.25) is 0 Å². The average Bonchev–Trinajstić information content (AvgIpc) is 2.29. The fourth-order valence-electron chi connectivity index (χ4n) is 1.33. The summed E-state index contributed by atoms with van der Waals surface area (Å²) in [5, 5.41) is 12.1. The second-order valence-electron chi connectivity index (χ2n) is 3.36. The number of benzene rings is 1. The summed E-state index contributed by atoms with van der Waals surface area (Å²) >= 11 is 0. The topological polar surface area (TPSA) is 50.7 Å². The van der Waals surface area contributed by atoms with Gasteiger partial charge in [-0.15, -0.1) is 0 Å². The molecule has 0 heterocycles. The highest BCUT2D eigenvalue weighted by molar-refractivity contribution is 5.38. The molecule has 0 aliphatic heterocycles. The Morgan fingerprint density at radius 2 is 1.88 bits per heavy atom. The number of aliphatic hydroxyl groups is 1. The SMILES string of the molecule is CCOc1cc(CO)cc(OCCNC)c1. The smallest absolute Gasteiger partial charge is 0.123 e. The van der Waals surface area contributed by atoms with Crippen molar-refractivity contribution in [1.29, 1.82) is 0 Å². The molecule has 4 heteroatoms. The van der Waals surface area contributed by atoms with Gasteiger partial charge >= 0.3 is 0 Å². The average molecular weight is 225 g/mol. The number of hydrogen-bond acceptors (Lipinski definition) is 4. The van der Waals surface area contributed by atoms with E-state index < -0.39 is 0 Å². The minimum atomic E-state index is -0.0106. The minimum Gasteiger partial charge on any atom is -0.494 e. The molecule has 0 saturated heterocycles. The van der Waals surface area contributed by atoms with E-state index in [-0.39, 0.29) is 6.61 Å². The first kappa shape index (κ1) is 12.8. The summed E-state index contributed by atoms with van der Waals surface area (Å²) in [5.41, 5.74) is 0.797. The molecule has 1 aromatic rings. The predicted octanol–water partition coefficient (Wildman–Crippen LogP) is 1.18. The molecule has 0 spiro atoms. The first-order valence-electron chi connectivity index (χ1n) is 5.45. The van der Waals surface area contributed by atoms with Gasteiger partial charge in [-0.05, 0) is 31.7 Å². The maximum atomic E-state index is 9.10. The number of nitrogens with one attached hydrogen (secondary N) is 1. The van der Waals surface area contributed by atoms with Crippen LogP contribution in [-0.4, -0.2) is 31.9 Å². The Balaban J connectivity index is 2.69. The number of ether oxygens (including phenoxy) is 2. The van der Waals surface area contributed by atoms with Crippen LogP contribution < -0.4 is 14.8 Å². The normalized spacial score (nSPS) is 10.2. The van der Waals surface area contributed by atoms with Crippen molar-refractivity contribution in [2.24, 2.45) is 0 Å². The van der Waals surface area contributed by atoms with Crippen LogP contribution in [0.1, 0.15) is 12.5 Å². The third-order valence-electron chi connectivity index (χ3n) is 2.05. The maximum Gasteiger partial charge on any atom is 0.123 e. The fourth-order valence-corrected chi connectivity index (χ4v) is 1.33. The van der Waals surface area contributed by atoms with Gasteiger partial charge < -0.3 is 19.9 Å². The molecule has 0 radical (unpaired) electrons. The fraction of sp³-hybridized carbons (Fsp3) is 0.500. The van der Waals surface area contributed by atoms with Gasteiger partial charge in [-0.25, -0.2) is 0 Å². The molecular weight excluding hydrogens is 206 g/mol. The molecule has 2 N–H and O–H groups in total. The molecule has 16 heavy (non-hydrogen) atoms. The van der Waals surface area contributed by atoms with Crippen LogP contribution in [-0.2, 0) is 6.61 Å². The first-order chi connectivity index (χ1) is 7.80. The first-order valence-corrected chi connectivity index (χ1v) is 5.45. The van der Waals surface area contributed by atoms with Crippen LogP contribution in [0, 0.1) is 0 Å². The highest BCUT2D eigenvalue weighted by atomic mass is 16.5. The molecule has 1 aromatic carbocycles. The van der Waals surface area contributed by atoms with Crippen LogP contribution in [0.25, 0.3) is 0 Å². The zero-order valence-electron chi connectivity index (χ0n) is 9.82. The lowest BCUT2D eigenvalue weighted by atomic mass is 10.2. The molecule has 0 bridgehead atoms. The molecule has 0 unspecified atom stereocenters. The molecule has 0 saturated carbocycles. The molecule has 0 aliphatic rings. The number of hydrogen-bond donors (Lipinski definition) is 2. The monoisotopic (exact) mass is 225 g/mol. The molecular formula is C12H19NO3. The zero-order valence-corrected chi connectivity index (χ0v) is 9.82. The van der Waals surface area contributed by atoms with Crippen molar-refractivity contribution >= 4 is 0 Å². The Labute approximate surface area is 96.2 Å². The Morgan fingerprint density at radius 3 is 2.44 bits per heavy atom. The predicted molar refractivity (Wildman–Crippen MR) is 63.0 cm³/mol. The summed E-state index contributed by atoms with van der Waals surface area (Å²) in [7, 11) is 1.87. The van der Waals surface area contributed by atoms with Crippen LogP contribution in [0.4, 0.5) is 0 Å². The number of rotatable bonds is 7. The van der Waals surface area contributed by atoms with Crippen molar-refractivity contribution in [1.82, 2.24) is 5.32 Å². The van der Waals surface area contributed by atoms with E-state index in [1.54, 1.807) is 0 Å². The third-order valence-corrected chi connectivity index (χ3v) is 2.05. The maximum absolute atomic E-state index is 9.10. The van der Waals surface area contributed by atoms with E-state index in [0.29, 0.717) is 13.2 Å². The van der Waals surface area contributed by atoms with Crippen molar-refractivity contribution in [2.45, 2.75) is 13.5 Å².